The van der Waals surface area contributed by atoms with Crippen molar-refractivity contribution in [3.8, 4) is 5.75 Å². The van der Waals surface area contributed by atoms with Gasteiger partial charge in [-0.25, -0.2) is 0 Å². The third kappa shape index (κ3) is 4.59. The summed E-state index contributed by atoms with van der Waals surface area (Å²) in [6.45, 7) is 1.89. The fourth-order valence-electron chi connectivity index (χ4n) is 2.16. The number of nitrogens with zero attached hydrogens (tertiary/aromatic N) is 1. The van der Waals surface area contributed by atoms with Gasteiger partial charge in [0.05, 0.1) is 0 Å². The van der Waals surface area contributed by atoms with Gasteiger partial charge in [0.15, 0.2) is 6.10 Å². The Balaban J connectivity index is 2.01. The number of anilines is 1. The molecule has 24 heavy (non-hydrogen) atoms. The SMILES string of the molecule is CCC(Oc1ccccc1)C(=O)Nc1ccc(C(=O)N(C)C)cc1. The molecule has 1 atom stereocenters. The Hall–Kier alpha value is -2.82. The largest absolute Gasteiger partial charge is 0.481 e. The maximum atomic E-state index is 12.4. The molecule has 2 aromatic rings. The molecule has 0 radical (unpaired) electrons. The number of carbonyl (C=O) groups is 2. The minimum Gasteiger partial charge on any atom is -0.481 e. The number of hydrogen-bond donors (Lipinski definition) is 1. The molecule has 0 aliphatic heterocycles. The van der Waals surface area contributed by atoms with E-state index in [1.807, 2.05) is 37.3 Å². The summed E-state index contributed by atoms with van der Waals surface area (Å²) < 4.78 is 5.72. The summed E-state index contributed by atoms with van der Waals surface area (Å²) >= 11 is 0. The van der Waals surface area contributed by atoms with E-state index in [1.165, 1.54) is 4.90 Å². The number of benzene rings is 2. The molecule has 0 spiro atoms. The van der Waals surface area contributed by atoms with Gasteiger partial charge in [0, 0.05) is 25.3 Å². The first kappa shape index (κ1) is 17.5. The first-order chi connectivity index (χ1) is 11.5. The zero-order valence-corrected chi connectivity index (χ0v) is 14.2. The molecule has 0 bridgehead atoms. The van der Waals surface area contributed by atoms with Crippen LogP contribution < -0.4 is 10.1 Å². The van der Waals surface area contributed by atoms with Crippen molar-refractivity contribution in [1.82, 2.24) is 4.90 Å². The van der Waals surface area contributed by atoms with Gasteiger partial charge in [-0.05, 0) is 42.8 Å². The van der Waals surface area contributed by atoms with E-state index in [0.717, 1.165) is 0 Å². The summed E-state index contributed by atoms with van der Waals surface area (Å²) in [6.07, 6.45) is -0.0201. The van der Waals surface area contributed by atoms with Crippen molar-refractivity contribution < 1.29 is 14.3 Å². The van der Waals surface area contributed by atoms with Crippen LogP contribution in [0.1, 0.15) is 23.7 Å². The Labute approximate surface area is 142 Å². The van der Waals surface area contributed by atoms with Gasteiger partial charge in [-0.1, -0.05) is 25.1 Å². The van der Waals surface area contributed by atoms with Crippen LogP contribution in [-0.2, 0) is 4.79 Å². The molecule has 5 nitrogen and oxygen atoms in total. The Kier molecular flexibility index (Phi) is 5.95. The zero-order chi connectivity index (χ0) is 17.5. The Morgan fingerprint density at radius 3 is 2.21 bits per heavy atom. The average Bonchev–Trinajstić information content (AvgIpc) is 2.60. The lowest BCUT2D eigenvalue weighted by Gasteiger charge is -2.17. The Bertz CT molecular complexity index is 682. The van der Waals surface area contributed by atoms with Crippen LogP contribution in [0, 0.1) is 0 Å². The molecule has 1 N–H and O–H groups in total. The second-order valence-corrected chi connectivity index (χ2v) is 5.59. The molecule has 0 saturated heterocycles. The highest BCUT2D eigenvalue weighted by Gasteiger charge is 2.18. The molecule has 0 aromatic heterocycles. The van der Waals surface area contributed by atoms with Gasteiger partial charge in [-0.15, -0.1) is 0 Å². The molecule has 0 fully saturated rings. The van der Waals surface area contributed by atoms with E-state index in [0.29, 0.717) is 23.4 Å². The standard InChI is InChI=1S/C19H22N2O3/c1-4-17(24-16-8-6-5-7-9-16)18(22)20-15-12-10-14(11-13-15)19(23)21(2)3/h5-13,17H,4H2,1-3H3,(H,20,22). The molecule has 0 aliphatic carbocycles. The first-order valence-corrected chi connectivity index (χ1v) is 7.85. The molecule has 0 saturated carbocycles. The van der Waals surface area contributed by atoms with Crippen LogP contribution in [0.25, 0.3) is 0 Å². The summed E-state index contributed by atoms with van der Waals surface area (Å²) in [6, 6.07) is 16.1. The van der Waals surface area contributed by atoms with Crippen LogP contribution in [0.3, 0.4) is 0 Å². The molecule has 2 rings (SSSR count). The zero-order valence-electron chi connectivity index (χ0n) is 14.2. The fourth-order valence-corrected chi connectivity index (χ4v) is 2.16. The van der Waals surface area contributed by atoms with E-state index >= 15 is 0 Å². The molecular weight excluding hydrogens is 304 g/mol. The van der Waals surface area contributed by atoms with Gasteiger partial charge in [0.2, 0.25) is 0 Å². The molecule has 126 valence electrons. The number of ether oxygens (including phenoxy) is 1. The predicted octanol–water partition coefficient (Wildman–Crippen LogP) is 3.18. The summed E-state index contributed by atoms with van der Waals surface area (Å²) in [5, 5.41) is 2.82. The molecule has 2 amide bonds. The maximum Gasteiger partial charge on any atom is 0.265 e. The van der Waals surface area contributed by atoms with Crippen molar-refractivity contribution in [3.63, 3.8) is 0 Å². The highest BCUT2D eigenvalue weighted by atomic mass is 16.5. The van der Waals surface area contributed by atoms with Crippen molar-refractivity contribution >= 4 is 17.5 Å². The van der Waals surface area contributed by atoms with E-state index in [1.54, 1.807) is 38.4 Å². The molecule has 0 heterocycles. The highest BCUT2D eigenvalue weighted by Crippen LogP contribution is 2.15. The first-order valence-electron chi connectivity index (χ1n) is 7.85. The molecule has 0 aliphatic rings. The number of nitrogens with one attached hydrogen (secondary N) is 1. The third-order valence-electron chi connectivity index (χ3n) is 3.49. The number of hydrogen-bond acceptors (Lipinski definition) is 3. The van der Waals surface area contributed by atoms with Gasteiger partial charge >= 0.3 is 0 Å². The van der Waals surface area contributed by atoms with E-state index in [2.05, 4.69) is 5.32 Å². The van der Waals surface area contributed by atoms with Crippen LogP contribution in [0.2, 0.25) is 0 Å². The topological polar surface area (TPSA) is 58.6 Å². The maximum absolute atomic E-state index is 12.4. The van der Waals surface area contributed by atoms with Crippen molar-refractivity contribution in [2.75, 3.05) is 19.4 Å². The lowest BCUT2D eigenvalue weighted by molar-refractivity contribution is -0.122. The summed E-state index contributed by atoms with van der Waals surface area (Å²) in [5.41, 5.74) is 1.20. The highest BCUT2D eigenvalue weighted by molar-refractivity contribution is 5.96. The monoisotopic (exact) mass is 326 g/mol. The van der Waals surface area contributed by atoms with Crippen molar-refractivity contribution in [1.29, 1.82) is 0 Å². The van der Waals surface area contributed by atoms with Crippen LogP contribution in [-0.4, -0.2) is 36.9 Å². The van der Waals surface area contributed by atoms with Crippen LogP contribution in [0.15, 0.2) is 54.6 Å². The van der Waals surface area contributed by atoms with Crippen molar-refractivity contribution in [3.05, 3.63) is 60.2 Å². The van der Waals surface area contributed by atoms with E-state index in [4.69, 9.17) is 4.74 Å². The number of para-hydroxylation sites is 1. The molecule has 2 aromatic carbocycles. The van der Waals surface area contributed by atoms with Gasteiger partial charge in [0.25, 0.3) is 11.8 Å². The predicted molar refractivity (Wildman–Crippen MR) is 94.2 cm³/mol. The lowest BCUT2D eigenvalue weighted by Crippen LogP contribution is -2.32. The number of carbonyl (C=O) groups excluding carboxylic acids is 2. The van der Waals surface area contributed by atoms with Crippen molar-refractivity contribution in [2.24, 2.45) is 0 Å². The fraction of sp³-hybridized carbons (Fsp3) is 0.263. The average molecular weight is 326 g/mol. The second kappa shape index (κ2) is 8.15. The van der Waals surface area contributed by atoms with E-state index in [9.17, 15) is 9.59 Å². The van der Waals surface area contributed by atoms with Gasteiger partial charge in [-0.3, -0.25) is 9.59 Å². The second-order valence-electron chi connectivity index (χ2n) is 5.59. The molecule has 5 heteroatoms. The summed E-state index contributed by atoms with van der Waals surface area (Å²) in [5.74, 6) is 0.367. The quantitative estimate of drug-likeness (QED) is 0.887. The van der Waals surface area contributed by atoms with Crippen LogP contribution >= 0.6 is 0 Å². The molecular formula is C19H22N2O3. The Morgan fingerprint density at radius 2 is 1.67 bits per heavy atom. The van der Waals surface area contributed by atoms with Gasteiger partial charge in [0.1, 0.15) is 5.75 Å². The summed E-state index contributed by atoms with van der Waals surface area (Å²) in [4.78, 5) is 25.7. The molecule has 1 unspecified atom stereocenters. The van der Waals surface area contributed by atoms with Crippen LogP contribution in [0.4, 0.5) is 5.69 Å². The third-order valence-corrected chi connectivity index (χ3v) is 3.49. The van der Waals surface area contributed by atoms with Gasteiger partial charge < -0.3 is 15.0 Å². The minimum atomic E-state index is -0.574. The summed E-state index contributed by atoms with van der Waals surface area (Å²) in [7, 11) is 3.40. The normalized spacial score (nSPS) is 11.5. The van der Waals surface area contributed by atoms with Crippen molar-refractivity contribution in [2.45, 2.75) is 19.4 Å². The van der Waals surface area contributed by atoms with E-state index < -0.39 is 6.10 Å². The smallest absolute Gasteiger partial charge is 0.265 e. The van der Waals surface area contributed by atoms with Crippen LogP contribution in [0.5, 0.6) is 5.75 Å². The number of rotatable bonds is 6. The minimum absolute atomic E-state index is 0.0771. The lowest BCUT2D eigenvalue weighted by atomic mass is 10.1. The van der Waals surface area contributed by atoms with E-state index in [-0.39, 0.29) is 11.8 Å². The van der Waals surface area contributed by atoms with Gasteiger partial charge in [-0.2, -0.15) is 0 Å². The number of amides is 2. The Morgan fingerprint density at radius 1 is 1.04 bits per heavy atom.